The van der Waals surface area contributed by atoms with E-state index in [1.165, 1.54) is 70.9 Å². The molecular weight excluding hydrogens is 569 g/mol. The molecule has 10 rings (SSSR count). The number of fused-ring (bicyclic) bond motifs is 7. The average Bonchev–Trinajstić information content (AvgIpc) is 3.51. The maximum atomic E-state index is 6.41. The van der Waals surface area contributed by atoms with Gasteiger partial charge in [-0.05, 0) is 107 Å². The maximum Gasteiger partial charge on any atom is 0.136 e. The predicted octanol–water partition coefficient (Wildman–Crippen LogP) is 13.2. The van der Waals surface area contributed by atoms with Gasteiger partial charge < -0.3 is 4.42 Å². The lowest BCUT2D eigenvalue weighted by molar-refractivity contribution is 0.669. The molecule has 1 aromatic heterocycles. The summed E-state index contributed by atoms with van der Waals surface area (Å²) in [5.74, 6) is 0. The molecule has 1 nitrogen and oxygen atoms in total. The highest BCUT2D eigenvalue weighted by Crippen LogP contribution is 2.45. The van der Waals surface area contributed by atoms with Crippen molar-refractivity contribution in [1.29, 1.82) is 0 Å². The molecule has 1 heteroatoms. The molecule has 0 atom stereocenters. The van der Waals surface area contributed by atoms with E-state index < -0.39 is 0 Å². The summed E-state index contributed by atoms with van der Waals surface area (Å²) in [6.45, 7) is 0. The van der Waals surface area contributed by atoms with Crippen molar-refractivity contribution < 1.29 is 4.42 Å². The van der Waals surface area contributed by atoms with Crippen LogP contribution in [-0.4, -0.2) is 0 Å². The van der Waals surface area contributed by atoms with E-state index in [1.54, 1.807) is 0 Å². The minimum Gasteiger partial charge on any atom is -0.456 e. The highest BCUT2D eigenvalue weighted by atomic mass is 16.3. The lowest BCUT2D eigenvalue weighted by Crippen LogP contribution is -1.91. The van der Waals surface area contributed by atoms with Crippen LogP contribution in [0, 0.1) is 0 Å². The Kier molecular flexibility index (Phi) is 5.64. The number of rotatable bonds is 3. The van der Waals surface area contributed by atoms with Crippen molar-refractivity contribution in [1.82, 2.24) is 0 Å². The monoisotopic (exact) mass is 596 g/mol. The Bertz CT molecular complexity index is 2850. The van der Waals surface area contributed by atoms with Crippen molar-refractivity contribution in [2.75, 3.05) is 0 Å². The SMILES string of the molecule is c1ccc2cc(-c3cccc4c(-c5ccc6c(c5)oc5ccccc56)c5cccc(-c6cccc7ccccc67)c5cc34)ccc2c1. The normalized spacial score (nSPS) is 11.8. The van der Waals surface area contributed by atoms with Crippen LogP contribution in [0.15, 0.2) is 174 Å². The molecule has 0 aliphatic heterocycles. The number of para-hydroxylation sites is 1. The minimum atomic E-state index is 0.907. The summed E-state index contributed by atoms with van der Waals surface area (Å²) < 4.78 is 6.41. The van der Waals surface area contributed by atoms with Crippen molar-refractivity contribution in [2.24, 2.45) is 0 Å². The first-order valence-electron chi connectivity index (χ1n) is 16.2. The van der Waals surface area contributed by atoms with Crippen molar-refractivity contribution in [2.45, 2.75) is 0 Å². The fourth-order valence-corrected chi connectivity index (χ4v) is 7.66. The molecule has 0 saturated heterocycles. The molecule has 0 N–H and O–H groups in total. The summed E-state index contributed by atoms with van der Waals surface area (Å²) in [4.78, 5) is 0. The fraction of sp³-hybridized carbons (Fsp3) is 0. The second-order valence-corrected chi connectivity index (χ2v) is 12.5. The molecule has 9 aromatic carbocycles. The van der Waals surface area contributed by atoms with Crippen LogP contribution < -0.4 is 0 Å². The third-order valence-corrected chi connectivity index (χ3v) is 9.85. The molecule has 218 valence electrons. The van der Waals surface area contributed by atoms with Crippen LogP contribution in [0.4, 0.5) is 0 Å². The average molecular weight is 597 g/mol. The van der Waals surface area contributed by atoms with Gasteiger partial charge >= 0.3 is 0 Å². The van der Waals surface area contributed by atoms with Gasteiger partial charge in [-0.3, -0.25) is 0 Å². The van der Waals surface area contributed by atoms with Crippen LogP contribution in [0.5, 0.6) is 0 Å². The smallest absolute Gasteiger partial charge is 0.136 e. The molecule has 1 heterocycles. The van der Waals surface area contributed by atoms with Crippen LogP contribution in [-0.2, 0) is 0 Å². The van der Waals surface area contributed by atoms with E-state index in [4.69, 9.17) is 4.42 Å². The first-order valence-corrected chi connectivity index (χ1v) is 16.2. The van der Waals surface area contributed by atoms with Gasteiger partial charge in [0.25, 0.3) is 0 Å². The van der Waals surface area contributed by atoms with Crippen molar-refractivity contribution in [3.05, 3.63) is 170 Å². The van der Waals surface area contributed by atoms with Gasteiger partial charge in [-0.2, -0.15) is 0 Å². The van der Waals surface area contributed by atoms with Gasteiger partial charge in [-0.15, -0.1) is 0 Å². The molecule has 0 aliphatic rings. The van der Waals surface area contributed by atoms with Crippen LogP contribution in [0.25, 0.3) is 98.4 Å². The van der Waals surface area contributed by atoms with E-state index in [1.807, 2.05) is 6.07 Å². The molecule has 0 saturated carbocycles. The predicted molar refractivity (Wildman–Crippen MR) is 200 cm³/mol. The molecular formula is C46H28O. The van der Waals surface area contributed by atoms with E-state index >= 15 is 0 Å². The summed E-state index contributed by atoms with van der Waals surface area (Å²) in [6.07, 6.45) is 0. The van der Waals surface area contributed by atoms with Crippen molar-refractivity contribution in [3.63, 3.8) is 0 Å². The van der Waals surface area contributed by atoms with Crippen LogP contribution in [0.2, 0.25) is 0 Å². The first-order chi connectivity index (χ1) is 23.3. The van der Waals surface area contributed by atoms with E-state index in [2.05, 4.69) is 164 Å². The summed E-state index contributed by atoms with van der Waals surface area (Å²) in [5.41, 5.74) is 9.13. The van der Waals surface area contributed by atoms with Gasteiger partial charge in [0.1, 0.15) is 11.2 Å². The van der Waals surface area contributed by atoms with Crippen LogP contribution in [0.3, 0.4) is 0 Å². The molecule has 0 aliphatic carbocycles. The minimum absolute atomic E-state index is 0.907. The summed E-state index contributed by atoms with van der Waals surface area (Å²) >= 11 is 0. The van der Waals surface area contributed by atoms with Gasteiger partial charge in [0.15, 0.2) is 0 Å². The molecule has 47 heavy (non-hydrogen) atoms. The molecule has 0 fully saturated rings. The lowest BCUT2D eigenvalue weighted by Gasteiger charge is -2.18. The standard InChI is InChI=1S/C46H28O/c1-2-12-31-26-32(23-22-29(31)10-1)35-16-8-19-40-42(35)28-43-37(36-17-7-13-30-11-3-4-14-34(30)36)18-9-20-41(43)46(40)33-24-25-39-38-15-5-6-21-44(38)47-45(39)27-33/h1-28H. The second kappa shape index (κ2) is 10.2. The number of hydrogen-bond donors (Lipinski definition) is 0. The van der Waals surface area contributed by atoms with Crippen molar-refractivity contribution in [3.8, 4) is 33.4 Å². The Morgan fingerprint density at radius 1 is 0.277 bits per heavy atom. The van der Waals surface area contributed by atoms with E-state index in [0.29, 0.717) is 0 Å². The highest BCUT2D eigenvalue weighted by molar-refractivity contribution is 6.21. The number of furan rings is 1. The zero-order valence-corrected chi connectivity index (χ0v) is 25.6. The Balaban J connectivity index is 1.33. The fourth-order valence-electron chi connectivity index (χ4n) is 7.66. The summed E-state index contributed by atoms with van der Waals surface area (Å²) in [5, 5.41) is 12.2. The van der Waals surface area contributed by atoms with E-state index in [0.717, 1.165) is 27.5 Å². The zero-order valence-electron chi connectivity index (χ0n) is 25.6. The molecule has 0 amide bonds. The van der Waals surface area contributed by atoms with Gasteiger partial charge in [0.2, 0.25) is 0 Å². The molecule has 10 aromatic rings. The van der Waals surface area contributed by atoms with Crippen molar-refractivity contribution >= 4 is 65.0 Å². The topological polar surface area (TPSA) is 13.1 Å². The lowest BCUT2D eigenvalue weighted by atomic mass is 9.85. The number of hydrogen-bond acceptors (Lipinski definition) is 1. The molecule has 0 spiro atoms. The molecule has 0 bridgehead atoms. The van der Waals surface area contributed by atoms with Gasteiger partial charge in [0, 0.05) is 10.8 Å². The maximum absolute atomic E-state index is 6.41. The summed E-state index contributed by atoms with van der Waals surface area (Å²) in [7, 11) is 0. The van der Waals surface area contributed by atoms with Gasteiger partial charge in [0.05, 0.1) is 0 Å². The van der Waals surface area contributed by atoms with E-state index in [9.17, 15) is 0 Å². The van der Waals surface area contributed by atoms with Crippen LogP contribution in [0.1, 0.15) is 0 Å². The quantitative estimate of drug-likeness (QED) is 0.185. The Hall–Kier alpha value is -6.18. The van der Waals surface area contributed by atoms with Gasteiger partial charge in [-0.1, -0.05) is 140 Å². The Morgan fingerprint density at radius 3 is 1.70 bits per heavy atom. The number of benzene rings is 9. The third kappa shape index (κ3) is 4.03. The first kappa shape index (κ1) is 26.1. The zero-order chi connectivity index (χ0) is 30.9. The largest absolute Gasteiger partial charge is 0.456 e. The third-order valence-electron chi connectivity index (χ3n) is 9.85. The van der Waals surface area contributed by atoms with E-state index in [-0.39, 0.29) is 0 Å². The summed E-state index contributed by atoms with van der Waals surface area (Å²) in [6, 6.07) is 61.7. The highest BCUT2D eigenvalue weighted by Gasteiger charge is 2.18. The van der Waals surface area contributed by atoms with Gasteiger partial charge in [-0.25, -0.2) is 0 Å². The second-order valence-electron chi connectivity index (χ2n) is 12.5. The van der Waals surface area contributed by atoms with Crippen LogP contribution >= 0.6 is 0 Å². The Morgan fingerprint density at radius 2 is 0.851 bits per heavy atom. The Labute approximate surface area is 271 Å². The molecule has 0 unspecified atom stereocenters. The molecule has 0 radical (unpaired) electrons.